The Morgan fingerprint density at radius 3 is 2.64 bits per heavy atom. The van der Waals surface area contributed by atoms with Gasteiger partial charge in [-0.15, -0.1) is 0 Å². The molecule has 0 aliphatic heterocycles. The van der Waals surface area contributed by atoms with Gasteiger partial charge < -0.3 is 5.43 Å². The summed E-state index contributed by atoms with van der Waals surface area (Å²) in [6.45, 7) is 0. The first-order valence-corrected chi connectivity index (χ1v) is 5.27. The third-order valence-corrected chi connectivity index (χ3v) is 3.54. The van der Waals surface area contributed by atoms with Gasteiger partial charge in [0.25, 0.3) is 0 Å². The molecular weight excluding hydrogens is 204 g/mol. The summed E-state index contributed by atoms with van der Waals surface area (Å²) < 4.78 is 24.5. The molecule has 1 aromatic heterocycles. The van der Waals surface area contributed by atoms with Gasteiger partial charge in [-0.1, -0.05) is 0 Å². The molecule has 78 valence electrons. The maximum absolute atomic E-state index is 11.7. The molecule has 1 heterocycles. The summed E-state index contributed by atoms with van der Waals surface area (Å²) in [6, 6.07) is 1.50. The van der Waals surface area contributed by atoms with Crippen molar-refractivity contribution in [3.05, 3.63) is 18.5 Å². The topological polar surface area (TPSA) is 88.3 Å². The summed E-state index contributed by atoms with van der Waals surface area (Å²) in [6.07, 6.45) is 2.72. The van der Waals surface area contributed by atoms with E-state index in [-0.39, 0.29) is 4.90 Å². The lowest BCUT2D eigenvalue weighted by Gasteiger charge is -2.13. The minimum absolute atomic E-state index is 0.0625. The lowest BCUT2D eigenvalue weighted by atomic mass is 10.4. The number of nitrogens with two attached hydrogens (primary N) is 1. The zero-order chi connectivity index (χ0) is 10.8. The van der Waals surface area contributed by atoms with Crippen LogP contribution in [-0.4, -0.2) is 31.8 Å². The van der Waals surface area contributed by atoms with E-state index in [4.69, 9.17) is 5.84 Å². The summed E-state index contributed by atoms with van der Waals surface area (Å²) >= 11 is 0. The molecule has 0 atom stereocenters. The van der Waals surface area contributed by atoms with Crippen molar-refractivity contribution in [2.45, 2.75) is 4.90 Å². The molecule has 0 aromatic carbocycles. The molecule has 3 N–H and O–H groups in total. The number of rotatable bonds is 3. The van der Waals surface area contributed by atoms with Gasteiger partial charge in [0.05, 0.1) is 5.69 Å². The van der Waals surface area contributed by atoms with Gasteiger partial charge in [-0.05, 0) is 6.07 Å². The molecule has 0 amide bonds. The summed E-state index contributed by atoms with van der Waals surface area (Å²) in [5, 5.41) is 0. The van der Waals surface area contributed by atoms with E-state index in [1.54, 1.807) is 0 Å². The minimum Gasteiger partial charge on any atom is -0.323 e. The van der Waals surface area contributed by atoms with Crippen LogP contribution in [0.15, 0.2) is 23.4 Å². The predicted octanol–water partition coefficient (Wildman–Crippen LogP) is -0.383. The molecule has 6 nitrogen and oxygen atoms in total. The maximum atomic E-state index is 11.7. The van der Waals surface area contributed by atoms with E-state index in [1.807, 2.05) is 0 Å². The van der Waals surface area contributed by atoms with Gasteiger partial charge in [0.1, 0.15) is 4.90 Å². The van der Waals surface area contributed by atoms with Crippen molar-refractivity contribution >= 4 is 15.7 Å². The quantitative estimate of drug-likeness (QED) is 0.531. The Kier molecular flexibility index (Phi) is 3.04. The SMILES string of the molecule is CN(C)S(=O)(=O)c1cnccc1NN. The van der Waals surface area contributed by atoms with Gasteiger partial charge >= 0.3 is 0 Å². The Bertz CT molecular complexity index is 415. The molecule has 0 radical (unpaired) electrons. The van der Waals surface area contributed by atoms with Crippen molar-refractivity contribution in [2.75, 3.05) is 19.5 Å². The van der Waals surface area contributed by atoms with E-state index in [1.165, 1.54) is 32.6 Å². The summed E-state index contributed by atoms with van der Waals surface area (Å²) in [7, 11) is -0.597. The fourth-order valence-corrected chi connectivity index (χ4v) is 1.89. The fraction of sp³-hybridized carbons (Fsp3) is 0.286. The summed E-state index contributed by atoms with van der Waals surface area (Å²) in [5.41, 5.74) is 2.64. The fourth-order valence-electron chi connectivity index (χ4n) is 0.901. The van der Waals surface area contributed by atoms with Crippen LogP contribution in [0, 0.1) is 0 Å². The number of nitrogens with one attached hydrogen (secondary N) is 1. The molecule has 0 aliphatic carbocycles. The number of nitrogens with zero attached hydrogens (tertiary/aromatic N) is 2. The van der Waals surface area contributed by atoms with Crippen molar-refractivity contribution < 1.29 is 8.42 Å². The molecule has 0 spiro atoms. The van der Waals surface area contributed by atoms with Crippen molar-refractivity contribution in [2.24, 2.45) is 5.84 Å². The number of aromatic nitrogens is 1. The van der Waals surface area contributed by atoms with Crippen LogP contribution in [-0.2, 0) is 10.0 Å². The van der Waals surface area contributed by atoms with Crippen molar-refractivity contribution in [3.63, 3.8) is 0 Å². The first kappa shape index (κ1) is 10.9. The third kappa shape index (κ3) is 1.84. The standard InChI is InChI=1S/C7H12N4O2S/c1-11(2)14(12,13)7-5-9-4-3-6(7)10-8/h3-5H,8H2,1-2H3,(H,9,10). The van der Waals surface area contributed by atoms with Crippen LogP contribution in [0.25, 0.3) is 0 Å². The molecule has 1 rings (SSSR count). The Hall–Kier alpha value is -1.18. The Labute approximate surface area is 82.8 Å². The van der Waals surface area contributed by atoms with Crippen LogP contribution in [0.1, 0.15) is 0 Å². The highest BCUT2D eigenvalue weighted by Crippen LogP contribution is 2.20. The number of hydrogen-bond donors (Lipinski definition) is 2. The lowest BCUT2D eigenvalue weighted by molar-refractivity contribution is 0.520. The van der Waals surface area contributed by atoms with Gasteiger partial charge in [0, 0.05) is 26.5 Å². The zero-order valence-electron chi connectivity index (χ0n) is 7.93. The van der Waals surface area contributed by atoms with E-state index < -0.39 is 10.0 Å². The minimum atomic E-state index is -3.49. The molecule has 0 unspecified atom stereocenters. The van der Waals surface area contributed by atoms with Gasteiger partial charge in [-0.2, -0.15) is 0 Å². The summed E-state index contributed by atoms with van der Waals surface area (Å²) in [4.78, 5) is 3.80. The summed E-state index contributed by atoms with van der Waals surface area (Å²) in [5.74, 6) is 5.19. The Morgan fingerprint density at radius 1 is 1.50 bits per heavy atom. The van der Waals surface area contributed by atoms with Crippen LogP contribution in [0.5, 0.6) is 0 Å². The second kappa shape index (κ2) is 3.91. The third-order valence-electron chi connectivity index (χ3n) is 1.70. The highest BCUT2D eigenvalue weighted by Gasteiger charge is 2.20. The van der Waals surface area contributed by atoms with Gasteiger partial charge in [-0.3, -0.25) is 10.8 Å². The normalized spacial score (nSPS) is 11.7. The number of sulfonamides is 1. The van der Waals surface area contributed by atoms with Gasteiger partial charge in [0.2, 0.25) is 10.0 Å². The van der Waals surface area contributed by atoms with Crippen molar-refractivity contribution in [3.8, 4) is 0 Å². The molecule has 0 fully saturated rings. The van der Waals surface area contributed by atoms with Crippen LogP contribution in [0.4, 0.5) is 5.69 Å². The number of hydrogen-bond acceptors (Lipinski definition) is 5. The number of hydrazine groups is 1. The maximum Gasteiger partial charge on any atom is 0.246 e. The first-order chi connectivity index (χ1) is 6.50. The van der Waals surface area contributed by atoms with Crippen LogP contribution < -0.4 is 11.3 Å². The smallest absolute Gasteiger partial charge is 0.246 e. The second-order valence-corrected chi connectivity index (χ2v) is 4.92. The Morgan fingerprint density at radius 2 is 2.14 bits per heavy atom. The molecule has 1 aromatic rings. The largest absolute Gasteiger partial charge is 0.323 e. The zero-order valence-corrected chi connectivity index (χ0v) is 8.75. The van der Waals surface area contributed by atoms with Crippen molar-refractivity contribution in [1.82, 2.24) is 9.29 Å². The van der Waals surface area contributed by atoms with Crippen LogP contribution >= 0.6 is 0 Å². The molecule has 14 heavy (non-hydrogen) atoms. The van der Waals surface area contributed by atoms with Crippen LogP contribution in [0.2, 0.25) is 0 Å². The number of anilines is 1. The van der Waals surface area contributed by atoms with E-state index in [0.717, 1.165) is 4.31 Å². The lowest BCUT2D eigenvalue weighted by Crippen LogP contribution is -2.24. The van der Waals surface area contributed by atoms with Gasteiger partial charge in [0.15, 0.2) is 0 Å². The van der Waals surface area contributed by atoms with E-state index in [0.29, 0.717) is 5.69 Å². The second-order valence-electron chi connectivity index (χ2n) is 2.80. The number of nitrogen functional groups attached to an aromatic ring is 1. The molecule has 0 aliphatic rings. The van der Waals surface area contributed by atoms with E-state index in [2.05, 4.69) is 10.4 Å². The van der Waals surface area contributed by atoms with E-state index >= 15 is 0 Å². The Balaban J connectivity index is 3.32. The highest BCUT2D eigenvalue weighted by molar-refractivity contribution is 7.89. The van der Waals surface area contributed by atoms with E-state index in [9.17, 15) is 8.42 Å². The predicted molar refractivity (Wildman–Crippen MR) is 52.9 cm³/mol. The molecule has 0 bridgehead atoms. The van der Waals surface area contributed by atoms with Gasteiger partial charge in [-0.25, -0.2) is 12.7 Å². The van der Waals surface area contributed by atoms with Crippen LogP contribution in [0.3, 0.4) is 0 Å². The highest BCUT2D eigenvalue weighted by atomic mass is 32.2. The molecular formula is C7H12N4O2S. The molecule has 0 saturated heterocycles. The molecule has 7 heteroatoms. The number of pyridine rings is 1. The monoisotopic (exact) mass is 216 g/mol. The van der Waals surface area contributed by atoms with Crippen molar-refractivity contribution in [1.29, 1.82) is 0 Å². The average molecular weight is 216 g/mol. The molecule has 0 saturated carbocycles. The first-order valence-electron chi connectivity index (χ1n) is 3.83. The average Bonchev–Trinajstić information content (AvgIpc) is 2.17.